The van der Waals surface area contributed by atoms with Gasteiger partial charge in [0.1, 0.15) is 0 Å². The van der Waals surface area contributed by atoms with Crippen LogP contribution in [0.5, 0.6) is 0 Å². The first-order valence-corrected chi connectivity index (χ1v) is 3.18. The standard InChI is InChI=1S/C6H14N2O2/c1-4(5(2)7)6(9)8-10-3/h4-5H,7H2,1-3H3,(H,8,9). The van der Waals surface area contributed by atoms with E-state index < -0.39 is 0 Å². The van der Waals surface area contributed by atoms with Gasteiger partial charge in [-0.25, -0.2) is 5.48 Å². The Hall–Kier alpha value is -0.610. The van der Waals surface area contributed by atoms with Crippen LogP contribution in [0.3, 0.4) is 0 Å². The first kappa shape index (κ1) is 9.39. The molecule has 0 aromatic carbocycles. The van der Waals surface area contributed by atoms with Crippen molar-refractivity contribution in [3.05, 3.63) is 0 Å². The van der Waals surface area contributed by atoms with Gasteiger partial charge in [0.2, 0.25) is 5.91 Å². The SMILES string of the molecule is CONC(=O)C(C)C(C)N. The van der Waals surface area contributed by atoms with E-state index in [9.17, 15) is 4.79 Å². The highest BCUT2D eigenvalue weighted by Gasteiger charge is 2.15. The predicted octanol–water partition coefficient (Wildman–Crippen LogP) is -0.353. The van der Waals surface area contributed by atoms with E-state index in [0.29, 0.717) is 0 Å². The zero-order valence-corrected chi connectivity index (χ0v) is 6.55. The molecular formula is C6H14N2O2. The Morgan fingerprint density at radius 2 is 2.10 bits per heavy atom. The summed E-state index contributed by atoms with van der Waals surface area (Å²) in [7, 11) is 1.39. The maximum Gasteiger partial charge on any atom is 0.247 e. The highest BCUT2D eigenvalue weighted by atomic mass is 16.6. The molecule has 3 N–H and O–H groups in total. The van der Waals surface area contributed by atoms with Crippen LogP contribution in [0.25, 0.3) is 0 Å². The molecule has 0 aromatic heterocycles. The lowest BCUT2D eigenvalue weighted by Gasteiger charge is -2.13. The van der Waals surface area contributed by atoms with E-state index in [0.717, 1.165) is 0 Å². The summed E-state index contributed by atoms with van der Waals surface area (Å²) in [5.41, 5.74) is 7.66. The molecule has 0 spiro atoms. The maximum absolute atomic E-state index is 10.9. The number of nitrogens with one attached hydrogen (secondary N) is 1. The molecule has 0 saturated heterocycles. The van der Waals surface area contributed by atoms with E-state index in [4.69, 9.17) is 5.73 Å². The van der Waals surface area contributed by atoms with Crippen molar-refractivity contribution in [3.8, 4) is 0 Å². The number of carbonyl (C=O) groups excluding carboxylic acids is 1. The van der Waals surface area contributed by atoms with Gasteiger partial charge in [-0.1, -0.05) is 6.92 Å². The lowest BCUT2D eigenvalue weighted by atomic mass is 10.0. The average Bonchev–Trinajstić information content (AvgIpc) is 1.87. The quantitative estimate of drug-likeness (QED) is 0.535. The van der Waals surface area contributed by atoms with Crippen molar-refractivity contribution in [2.75, 3.05) is 7.11 Å². The Bertz CT molecular complexity index is 114. The Balaban J connectivity index is 3.71. The fourth-order valence-electron chi connectivity index (χ4n) is 0.432. The largest absolute Gasteiger partial charge is 0.327 e. The second-order valence-corrected chi connectivity index (χ2v) is 2.32. The molecule has 0 saturated carbocycles. The molecule has 2 unspecified atom stereocenters. The smallest absolute Gasteiger partial charge is 0.247 e. The van der Waals surface area contributed by atoms with E-state index in [-0.39, 0.29) is 17.9 Å². The van der Waals surface area contributed by atoms with Crippen molar-refractivity contribution in [3.63, 3.8) is 0 Å². The monoisotopic (exact) mass is 146 g/mol. The minimum absolute atomic E-state index is 0.143. The lowest BCUT2D eigenvalue weighted by Crippen LogP contribution is -2.38. The molecule has 2 atom stereocenters. The van der Waals surface area contributed by atoms with Crippen molar-refractivity contribution in [2.45, 2.75) is 19.9 Å². The van der Waals surface area contributed by atoms with Gasteiger partial charge in [0.25, 0.3) is 0 Å². The predicted molar refractivity (Wildman–Crippen MR) is 38.0 cm³/mol. The molecule has 0 aliphatic heterocycles. The van der Waals surface area contributed by atoms with E-state index in [2.05, 4.69) is 10.3 Å². The molecule has 4 heteroatoms. The number of amides is 1. The van der Waals surface area contributed by atoms with Gasteiger partial charge in [0.05, 0.1) is 13.0 Å². The van der Waals surface area contributed by atoms with E-state index >= 15 is 0 Å². The van der Waals surface area contributed by atoms with Gasteiger partial charge in [-0.05, 0) is 6.92 Å². The van der Waals surface area contributed by atoms with Crippen molar-refractivity contribution < 1.29 is 9.63 Å². The molecule has 0 aromatic rings. The minimum Gasteiger partial charge on any atom is -0.327 e. The Kier molecular flexibility index (Phi) is 3.99. The third kappa shape index (κ3) is 2.80. The molecule has 60 valence electrons. The summed E-state index contributed by atoms with van der Waals surface area (Å²) < 4.78 is 0. The highest BCUT2D eigenvalue weighted by Crippen LogP contribution is 1.98. The van der Waals surface area contributed by atoms with Crippen molar-refractivity contribution >= 4 is 5.91 Å². The van der Waals surface area contributed by atoms with Crippen LogP contribution < -0.4 is 11.2 Å². The van der Waals surface area contributed by atoms with Crippen LogP contribution in [0.4, 0.5) is 0 Å². The van der Waals surface area contributed by atoms with Gasteiger partial charge in [-0.3, -0.25) is 9.63 Å². The summed E-state index contributed by atoms with van der Waals surface area (Å²) in [6.45, 7) is 3.53. The van der Waals surface area contributed by atoms with Crippen LogP contribution in [-0.4, -0.2) is 19.1 Å². The molecule has 0 aliphatic carbocycles. The third-order valence-electron chi connectivity index (χ3n) is 1.40. The molecule has 0 rings (SSSR count). The fraction of sp³-hybridized carbons (Fsp3) is 0.833. The first-order valence-electron chi connectivity index (χ1n) is 3.18. The summed E-state index contributed by atoms with van der Waals surface area (Å²) in [5.74, 6) is -0.391. The zero-order valence-electron chi connectivity index (χ0n) is 6.55. The summed E-state index contributed by atoms with van der Waals surface area (Å²) >= 11 is 0. The van der Waals surface area contributed by atoms with E-state index in [1.165, 1.54) is 7.11 Å². The van der Waals surface area contributed by atoms with E-state index in [1.807, 2.05) is 0 Å². The molecule has 0 aliphatic rings. The number of rotatable bonds is 3. The van der Waals surface area contributed by atoms with Crippen LogP contribution in [0.2, 0.25) is 0 Å². The number of nitrogens with two attached hydrogens (primary N) is 1. The second kappa shape index (κ2) is 4.24. The molecular weight excluding hydrogens is 132 g/mol. The third-order valence-corrected chi connectivity index (χ3v) is 1.40. The summed E-state index contributed by atoms with van der Waals surface area (Å²) in [6.07, 6.45) is 0. The normalized spacial score (nSPS) is 16.0. The first-order chi connectivity index (χ1) is 4.59. The van der Waals surface area contributed by atoms with Crippen LogP contribution >= 0.6 is 0 Å². The Labute approximate surface area is 60.7 Å². The molecule has 0 radical (unpaired) electrons. The molecule has 0 heterocycles. The maximum atomic E-state index is 10.9. The summed E-state index contributed by atoms with van der Waals surface area (Å²) in [4.78, 5) is 15.3. The zero-order chi connectivity index (χ0) is 8.15. The second-order valence-electron chi connectivity index (χ2n) is 2.32. The molecule has 0 bridgehead atoms. The topological polar surface area (TPSA) is 64.3 Å². The Morgan fingerprint density at radius 3 is 2.40 bits per heavy atom. The molecule has 0 fully saturated rings. The number of hydrogen-bond acceptors (Lipinski definition) is 3. The van der Waals surface area contributed by atoms with Crippen molar-refractivity contribution in [1.29, 1.82) is 0 Å². The van der Waals surface area contributed by atoms with Crippen molar-refractivity contribution in [2.24, 2.45) is 11.7 Å². The minimum atomic E-state index is -0.208. The van der Waals surface area contributed by atoms with Crippen LogP contribution in [0.1, 0.15) is 13.8 Å². The van der Waals surface area contributed by atoms with Crippen LogP contribution in [-0.2, 0) is 9.63 Å². The van der Waals surface area contributed by atoms with Gasteiger partial charge >= 0.3 is 0 Å². The van der Waals surface area contributed by atoms with Crippen LogP contribution in [0, 0.1) is 5.92 Å². The summed E-state index contributed by atoms with van der Waals surface area (Å²) in [5, 5.41) is 0. The van der Waals surface area contributed by atoms with Crippen molar-refractivity contribution in [1.82, 2.24) is 5.48 Å². The van der Waals surface area contributed by atoms with Gasteiger partial charge in [0.15, 0.2) is 0 Å². The van der Waals surface area contributed by atoms with Gasteiger partial charge in [0, 0.05) is 6.04 Å². The Morgan fingerprint density at radius 1 is 1.60 bits per heavy atom. The molecule has 1 amide bonds. The number of hydrogen-bond donors (Lipinski definition) is 2. The van der Waals surface area contributed by atoms with Gasteiger partial charge in [-0.2, -0.15) is 0 Å². The van der Waals surface area contributed by atoms with Gasteiger partial charge < -0.3 is 5.73 Å². The van der Waals surface area contributed by atoms with Gasteiger partial charge in [-0.15, -0.1) is 0 Å². The average molecular weight is 146 g/mol. The molecule has 4 nitrogen and oxygen atoms in total. The summed E-state index contributed by atoms with van der Waals surface area (Å²) in [6, 6.07) is -0.143. The van der Waals surface area contributed by atoms with E-state index in [1.54, 1.807) is 13.8 Å². The number of carbonyl (C=O) groups is 1. The number of hydroxylamine groups is 1. The lowest BCUT2D eigenvalue weighted by molar-refractivity contribution is -0.135. The highest BCUT2D eigenvalue weighted by molar-refractivity contribution is 5.77. The fourth-order valence-corrected chi connectivity index (χ4v) is 0.432. The van der Waals surface area contributed by atoms with Crippen LogP contribution in [0.15, 0.2) is 0 Å². The molecule has 10 heavy (non-hydrogen) atoms.